The highest BCUT2D eigenvalue weighted by Crippen LogP contribution is 2.23. The van der Waals surface area contributed by atoms with Crippen LogP contribution in [0.25, 0.3) is 17.0 Å². The van der Waals surface area contributed by atoms with Crippen LogP contribution in [-0.2, 0) is 12.8 Å². The van der Waals surface area contributed by atoms with E-state index >= 15 is 0 Å². The van der Waals surface area contributed by atoms with Gasteiger partial charge in [0.05, 0.1) is 10.7 Å². The van der Waals surface area contributed by atoms with Crippen LogP contribution in [0.1, 0.15) is 36.0 Å². The van der Waals surface area contributed by atoms with Crippen LogP contribution in [0.4, 0.5) is 5.82 Å². The van der Waals surface area contributed by atoms with Crippen molar-refractivity contribution in [2.45, 2.75) is 32.6 Å². The van der Waals surface area contributed by atoms with E-state index in [1.54, 1.807) is 22.4 Å². The van der Waals surface area contributed by atoms with Crippen molar-refractivity contribution in [3.63, 3.8) is 0 Å². The molecule has 0 saturated heterocycles. The normalized spacial score (nSPS) is 11.5. The Morgan fingerprint density at radius 3 is 2.72 bits per heavy atom. The molecule has 9 nitrogen and oxygen atoms in total. The standard InChI is InChI=1S/C19H22N8OS/c1-11(2)13-10-29-15(20-13)6-5-12-7-8-27-14(9-12)21-18(26(3)4)16(19(27)28)17-22-24-25-23-17/h7-11H,5-6H2,1-4H3,(H,22,23,24,25). The molecule has 0 unspecified atom stereocenters. The quantitative estimate of drug-likeness (QED) is 0.520. The highest BCUT2D eigenvalue weighted by atomic mass is 32.1. The summed E-state index contributed by atoms with van der Waals surface area (Å²) in [6.07, 6.45) is 3.46. The second kappa shape index (κ2) is 7.70. The van der Waals surface area contributed by atoms with Crippen molar-refractivity contribution in [2.24, 2.45) is 0 Å². The molecule has 150 valence electrons. The van der Waals surface area contributed by atoms with Gasteiger partial charge in [-0.1, -0.05) is 13.8 Å². The first-order valence-corrected chi connectivity index (χ1v) is 10.2. The van der Waals surface area contributed by atoms with Crippen molar-refractivity contribution in [2.75, 3.05) is 19.0 Å². The van der Waals surface area contributed by atoms with Gasteiger partial charge in [0.15, 0.2) is 5.82 Å². The van der Waals surface area contributed by atoms with Crippen molar-refractivity contribution in [1.29, 1.82) is 0 Å². The van der Waals surface area contributed by atoms with Crippen molar-refractivity contribution >= 4 is 22.8 Å². The molecular weight excluding hydrogens is 388 g/mol. The second-order valence-electron chi connectivity index (χ2n) is 7.34. The fourth-order valence-corrected chi connectivity index (χ4v) is 4.04. The Kier molecular flexibility index (Phi) is 5.10. The first-order chi connectivity index (χ1) is 13.9. The number of thiazole rings is 1. The van der Waals surface area contributed by atoms with Crippen molar-refractivity contribution in [3.05, 3.63) is 50.3 Å². The Morgan fingerprint density at radius 2 is 2.07 bits per heavy atom. The molecule has 0 aromatic carbocycles. The van der Waals surface area contributed by atoms with E-state index in [9.17, 15) is 4.79 Å². The van der Waals surface area contributed by atoms with Crippen molar-refractivity contribution in [3.8, 4) is 11.4 Å². The van der Waals surface area contributed by atoms with Gasteiger partial charge in [0.1, 0.15) is 17.0 Å². The highest BCUT2D eigenvalue weighted by Gasteiger charge is 2.19. The Hall–Kier alpha value is -3.14. The molecule has 0 spiro atoms. The maximum Gasteiger partial charge on any atom is 0.271 e. The van der Waals surface area contributed by atoms with Gasteiger partial charge < -0.3 is 4.90 Å². The number of aryl methyl sites for hydroxylation is 2. The summed E-state index contributed by atoms with van der Waals surface area (Å²) in [5.41, 5.74) is 2.97. The number of hydrogen-bond acceptors (Lipinski definition) is 8. The van der Waals surface area contributed by atoms with Gasteiger partial charge in [0.2, 0.25) is 0 Å². The lowest BCUT2D eigenvalue weighted by Gasteiger charge is -2.16. The third kappa shape index (κ3) is 3.75. The molecule has 0 amide bonds. The van der Waals surface area contributed by atoms with Crippen LogP contribution in [-0.4, -0.2) is 49.1 Å². The smallest absolute Gasteiger partial charge is 0.271 e. The number of nitrogens with zero attached hydrogens (tertiary/aromatic N) is 7. The van der Waals surface area contributed by atoms with Crippen LogP contribution in [0, 0.1) is 0 Å². The summed E-state index contributed by atoms with van der Waals surface area (Å²) in [5, 5.41) is 17.0. The van der Waals surface area contributed by atoms with Gasteiger partial charge in [-0.2, -0.15) is 0 Å². The number of anilines is 1. The zero-order valence-corrected chi connectivity index (χ0v) is 17.6. The van der Waals surface area contributed by atoms with E-state index in [2.05, 4.69) is 39.9 Å². The van der Waals surface area contributed by atoms with Gasteiger partial charge in [-0.05, 0) is 40.5 Å². The molecule has 0 atom stereocenters. The third-order valence-corrected chi connectivity index (χ3v) is 5.60. The molecule has 0 aliphatic rings. The lowest BCUT2D eigenvalue weighted by Crippen LogP contribution is -2.23. The molecule has 0 radical (unpaired) electrons. The maximum atomic E-state index is 13.1. The number of H-pyrrole nitrogens is 1. The number of tetrazole rings is 1. The highest BCUT2D eigenvalue weighted by molar-refractivity contribution is 7.09. The summed E-state index contributed by atoms with van der Waals surface area (Å²) < 4.78 is 1.52. The van der Waals surface area contributed by atoms with Crippen LogP contribution in [0.3, 0.4) is 0 Å². The average molecular weight is 411 g/mol. The molecule has 4 heterocycles. The average Bonchev–Trinajstić information content (AvgIpc) is 3.38. The summed E-state index contributed by atoms with van der Waals surface area (Å²) in [6, 6.07) is 3.90. The van der Waals surface area contributed by atoms with E-state index in [0.29, 0.717) is 28.8 Å². The molecule has 10 heteroatoms. The summed E-state index contributed by atoms with van der Waals surface area (Å²) in [7, 11) is 3.67. The van der Waals surface area contributed by atoms with E-state index < -0.39 is 0 Å². The molecule has 4 rings (SSSR count). The topological polar surface area (TPSA) is 105 Å². The van der Waals surface area contributed by atoms with Gasteiger partial charge in [-0.25, -0.2) is 15.1 Å². The first-order valence-electron chi connectivity index (χ1n) is 9.35. The third-order valence-electron chi connectivity index (χ3n) is 4.67. The Labute approximate surface area is 171 Å². The van der Waals surface area contributed by atoms with Gasteiger partial charge in [-0.3, -0.25) is 9.20 Å². The zero-order chi connectivity index (χ0) is 20.5. The monoisotopic (exact) mass is 410 g/mol. The molecule has 29 heavy (non-hydrogen) atoms. The number of aromatic amines is 1. The van der Waals surface area contributed by atoms with Crippen molar-refractivity contribution in [1.82, 2.24) is 35.0 Å². The lowest BCUT2D eigenvalue weighted by atomic mass is 10.1. The van der Waals surface area contributed by atoms with E-state index in [4.69, 9.17) is 9.97 Å². The minimum Gasteiger partial charge on any atom is -0.362 e. The number of pyridine rings is 1. The molecule has 0 bridgehead atoms. The van der Waals surface area contributed by atoms with Crippen LogP contribution >= 0.6 is 11.3 Å². The number of aromatic nitrogens is 7. The van der Waals surface area contributed by atoms with Gasteiger partial charge >= 0.3 is 0 Å². The van der Waals surface area contributed by atoms with Gasteiger partial charge in [0.25, 0.3) is 5.56 Å². The van der Waals surface area contributed by atoms with Crippen LogP contribution in [0.2, 0.25) is 0 Å². The largest absolute Gasteiger partial charge is 0.362 e. The fourth-order valence-electron chi connectivity index (χ4n) is 3.08. The molecule has 4 aromatic rings. The van der Waals surface area contributed by atoms with Gasteiger partial charge in [0, 0.05) is 32.1 Å². The summed E-state index contributed by atoms with van der Waals surface area (Å²) in [4.78, 5) is 24.3. The molecule has 0 aliphatic carbocycles. The fraction of sp³-hybridized carbons (Fsp3) is 0.368. The number of rotatable bonds is 6. The lowest BCUT2D eigenvalue weighted by molar-refractivity contribution is 0.816. The van der Waals surface area contributed by atoms with Crippen LogP contribution in [0.5, 0.6) is 0 Å². The molecular formula is C19H22N8OS. The maximum absolute atomic E-state index is 13.1. The summed E-state index contributed by atoms with van der Waals surface area (Å²) in [5.74, 6) is 1.26. The molecule has 1 N–H and O–H groups in total. The molecule has 0 fully saturated rings. The van der Waals surface area contributed by atoms with E-state index in [0.717, 1.165) is 29.1 Å². The summed E-state index contributed by atoms with van der Waals surface area (Å²) >= 11 is 1.70. The zero-order valence-electron chi connectivity index (χ0n) is 16.7. The molecule has 0 saturated carbocycles. The number of hydrogen-bond donors (Lipinski definition) is 1. The first kappa shape index (κ1) is 19.2. The summed E-state index contributed by atoms with van der Waals surface area (Å²) in [6.45, 7) is 4.30. The van der Waals surface area contributed by atoms with E-state index in [1.807, 2.05) is 26.2 Å². The van der Waals surface area contributed by atoms with E-state index in [-0.39, 0.29) is 5.56 Å². The van der Waals surface area contributed by atoms with Crippen LogP contribution in [0.15, 0.2) is 28.5 Å². The van der Waals surface area contributed by atoms with Gasteiger partial charge in [-0.15, -0.1) is 16.4 Å². The predicted molar refractivity (Wildman–Crippen MR) is 113 cm³/mol. The Balaban J connectivity index is 1.68. The molecule has 4 aromatic heterocycles. The minimum absolute atomic E-state index is 0.217. The molecule has 0 aliphatic heterocycles. The SMILES string of the molecule is CC(C)c1csc(CCc2ccn3c(=O)c(-c4nnn[nH]4)c(N(C)C)nc3c2)n1. The Morgan fingerprint density at radius 1 is 1.24 bits per heavy atom. The number of nitrogens with one attached hydrogen (secondary N) is 1. The van der Waals surface area contributed by atoms with Crippen molar-refractivity contribution < 1.29 is 0 Å². The Bertz CT molecular complexity index is 1190. The van der Waals surface area contributed by atoms with E-state index in [1.165, 1.54) is 4.40 Å². The van der Waals surface area contributed by atoms with Crippen LogP contribution < -0.4 is 10.5 Å². The predicted octanol–water partition coefficient (Wildman–Crippen LogP) is 2.31. The minimum atomic E-state index is -0.217. The second-order valence-corrected chi connectivity index (χ2v) is 8.29. The number of fused-ring (bicyclic) bond motifs is 1.